The molecule has 1 heterocycles. The van der Waals surface area contributed by atoms with E-state index in [-0.39, 0.29) is 0 Å². The number of benzene rings is 2. The fraction of sp³-hybridized carbons (Fsp3) is 0.200. The Morgan fingerprint density at radius 3 is 2.82 bits per heavy atom. The standard InChI is InChI=1S/C15H15NO/c1-10-6-7-12-11(8-10)9-16(2)13-4-3-5-14(17)15(12)13/h3-8,17H,9H2,1-2H3. The van der Waals surface area contributed by atoms with E-state index in [1.807, 2.05) is 6.07 Å². The van der Waals surface area contributed by atoms with Gasteiger partial charge in [0.2, 0.25) is 0 Å². The van der Waals surface area contributed by atoms with Crippen LogP contribution in [0.3, 0.4) is 0 Å². The van der Waals surface area contributed by atoms with Gasteiger partial charge >= 0.3 is 0 Å². The number of phenolic OH excluding ortho intramolecular Hbond substituents is 1. The topological polar surface area (TPSA) is 23.5 Å². The summed E-state index contributed by atoms with van der Waals surface area (Å²) in [5, 5.41) is 10.1. The summed E-state index contributed by atoms with van der Waals surface area (Å²) in [6, 6.07) is 12.1. The van der Waals surface area contributed by atoms with Crippen LogP contribution in [0, 0.1) is 6.92 Å². The SMILES string of the molecule is Cc1ccc2c(c1)CN(C)c1cccc(O)c1-2. The maximum Gasteiger partial charge on any atom is 0.125 e. The van der Waals surface area contributed by atoms with Gasteiger partial charge in [-0.2, -0.15) is 0 Å². The van der Waals surface area contributed by atoms with Crippen LogP contribution in [0.2, 0.25) is 0 Å². The monoisotopic (exact) mass is 225 g/mol. The van der Waals surface area contributed by atoms with Crippen LogP contribution in [0.1, 0.15) is 11.1 Å². The highest BCUT2D eigenvalue weighted by Gasteiger charge is 2.21. The van der Waals surface area contributed by atoms with Crippen molar-refractivity contribution >= 4 is 5.69 Å². The molecule has 0 saturated carbocycles. The molecule has 0 bridgehead atoms. The summed E-state index contributed by atoms with van der Waals surface area (Å²) in [6.07, 6.45) is 0. The van der Waals surface area contributed by atoms with Gasteiger partial charge in [0.25, 0.3) is 0 Å². The Morgan fingerprint density at radius 1 is 1.18 bits per heavy atom. The fourth-order valence-corrected chi connectivity index (χ4v) is 2.56. The van der Waals surface area contributed by atoms with E-state index >= 15 is 0 Å². The zero-order valence-corrected chi connectivity index (χ0v) is 10.1. The highest BCUT2D eigenvalue weighted by molar-refractivity contribution is 5.87. The molecule has 0 unspecified atom stereocenters. The minimum atomic E-state index is 0.360. The quantitative estimate of drug-likeness (QED) is 0.743. The number of hydrogen-bond acceptors (Lipinski definition) is 2. The predicted octanol–water partition coefficient (Wildman–Crippen LogP) is 3.32. The summed E-state index contributed by atoms with van der Waals surface area (Å²) >= 11 is 0. The molecule has 1 aliphatic rings. The molecule has 0 fully saturated rings. The van der Waals surface area contributed by atoms with Crippen LogP contribution < -0.4 is 4.90 Å². The van der Waals surface area contributed by atoms with Crippen molar-refractivity contribution in [2.24, 2.45) is 0 Å². The molecule has 0 aromatic heterocycles. The second kappa shape index (κ2) is 3.52. The molecule has 0 aliphatic carbocycles. The summed E-state index contributed by atoms with van der Waals surface area (Å²) in [5.41, 5.74) is 5.75. The van der Waals surface area contributed by atoms with Crippen LogP contribution in [0.25, 0.3) is 11.1 Å². The van der Waals surface area contributed by atoms with Crippen LogP contribution in [-0.2, 0) is 6.54 Å². The summed E-state index contributed by atoms with van der Waals surface area (Å²) < 4.78 is 0. The van der Waals surface area contributed by atoms with E-state index in [0.29, 0.717) is 5.75 Å². The molecule has 1 aliphatic heterocycles. The molecule has 2 aromatic rings. The summed E-state index contributed by atoms with van der Waals surface area (Å²) in [6.45, 7) is 2.99. The molecule has 0 radical (unpaired) electrons. The minimum absolute atomic E-state index is 0.360. The maximum atomic E-state index is 10.1. The van der Waals surface area contributed by atoms with E-state index < -0.39 is 0 Å². The minimum Gasteiger partial charge on any atom is -0.507 e. The molecule has 17 heavy (non-hydrogen) atoms. The molecule has 0 atom stereocenters. The molecule has 2 aromatic carbocycles. The average Bonchev–Trinajstić information content (AvgIpc) is 2.29. The number of aromatic hydroxyl groups is 1. The Kier molecular flexibility index (Phi) is 2.11. The van der Waals surface area contributed by atoms with Crippen molar-refractivity contribution in [3.05, 3.63) is 47.5 Å². The van der Waals surface area contributed by atoms with E-state index in [4.69, 9.17) is 0 Å². The van der Waals surface area contributed by atoms with Gasteiger partial charge in [0.15, 0.2) is 0 Å². The van der Waals surface area contributed by atoms with Crippen molar-refractivity contribution in [1.29, 1.82) is 0 Å². The van der Waals surface area contributed by atoms with Gasteiger partial charge in [-0.25, -0.2) is 0 Å². The molecule has 2 nitrogen and oxygen atoms in total. The first-order valence-corrected chi connectivity index (χ1v) is 5.80. The zero-order chi connectivity index (χ0) is 12.0. The van der Waals surface area contributed by atoms with Gasteiger partial charge in [-0.15, -0.1) is 0 Å². The van der Waals surface area contributed by atoms with Crippen LogP contribution >= 0.6 is 0 Å². The summed E-state index contributed by atoms with van der Waals surface area (Å²) in [4.78, 5) is 2.18. The number of phenols is 1. The lowest BCUT2D eigenvalue weighted by molar-refractivity contribution is 0.477. The molecule has 1 N–H and O–H groups in total. The van der Waals surface area contributed by atoms with Crippen molar-refractivity contribution in [1.82, 2.24) is 0 Å². The number of anilines is 1. The second-order valence-electron chi connectivity index (χ2n) is 4.69. The van der Waals surface area contributed by atoms with Crippen molar-refractivity contribution in [2.45, 2.75) is 13.5 Å². The zero-order valence-electron chi connectivity index (χ0n) is 10.1. The Hall–Kier alpha value is -1.96. The largest absolute Gasteiger partial charge is 0.507 e. The third-order valence-electron chi connectivity index (χ3n) is 3.37. The van der Waals surface area contributed by atoms with Gasteiger partial charge in [-0.3, -0.25) is 0 Å². The fourth-order valence-electron chi connectivity index (χ4n) is 2.56. The number of fused-ring (bicyclic) bond motifs is 3. The first-order valence-electron chi connectivity index (χ1n) is 5.80. The third kappa shape index (κ3) is 1.48. The normalized spacial score (nSPS) is 13.2. The van der Waals surface area contributed by atoms with Crippen molar-refractivity contribution in [2.75, 3.05) is 11.9 Å². The van der Waals surface area contributed by atoms with Crippen molar-refractivity contribution in [3.8, 4) is 16.9 Å². The number of nitrogens with zero attached hydrogens (tertiary/aromatic N) is 1. The first kappa shape index (κ1) is 10.2. The van der Waals surface area contributed by atoms with E-state index in [2.05, 4.69) is 43.1 Å². The van der Waals surface area contributed by atoms with Crippen LogP contribution in [0.5, 0.6) is 5.75 Å². The van der Waals surface area contributed by atoms with E-state index in [1.165, 1.54) is 11.1 Å². The van der Waals surface area contributed by atoms with Gasteiger partial charge < -0.3 is 10.0 Å². The Labute approximate surface area is 101 Å². The molecular weight excluding hydrogens is 210 g/mol. The highest BCUT2D eigenvalue weighted by Crippen LogP contribution is 2.43. The Bertz CT molecular complexity index is 589. The van der Waals surface area contributed by atoms with Gasteiger partial charge in [0.1, 0.15) is 5.75 Å². The van der Waals surface area contributed by atoms with E-state index in [1.54, 1.807) is 6.07 Å². The average molecular weight is 225 g/mol. The number of aryl methyl sites for hydroxylation is 1. The van der Waals surface area contributed by atoms with Crippen molar-refractivity contribution in [3.63, 3.8) is 0 Å². The third-order valence-corrected chi connectivity index (χ3v) is 3.37. The smallest absolute Gasteiger partial charge is 0.125 e. The lowest BCUT2D eigenvalue weighted by Gasteiger charge is -2.30. The van der Waals surface area contributed by atoms with Crippen LogP contribution in [-0.4, -0.2) is 12.2 Å². The first-order chi connectivity index (χ1) is 8.16. The van der Waals surface area contributed by atoms with Crippen molar-refractivity contribution < 1.29 is 5.11 Å². The summed E-state index contributed by atoms with van der Waals surface area (Å²) in [7, 11) is 2.06. The lowest BCUT2D eigenvalue weighted by Crippen LogP contribution is -2.21. The molecule has 86 valence electrons. The molecule has 0 spiro atoms. The second-order valence-corrected chi connectivity index (χ2v) is 4.69. The van der Waals surface area contributed by atoms with E-state index in [0.717, 1.165) is 23.4 Å². The molecule has 0 amide bonds. The van der Waals surface area contributed by atoms with Gasteiger partial charge in [-0.05, 0) is 30.2 Å². The Balaban J connectivity index is 2.32. The maximum absolute atomic E-state index is 10.1. The Morgan fingerprint density at radius 2 is 2.00 bits per heavy atom. The summed E-state index contributed by atoms with van der Waals surface area (Å²) in [5.74, 6) is 0.360. The lowest BCUT2D eigenvalue weighted by atomic mass is 9.92. The van der Waals surface area contributed by atoms with Gasteiger partial charge in [0.05, 0.1) is 0 Å². The van der Waals surface area contributed by atoms with E-state index in [9.17, 15) is 5.11 Å². The van der Waals surface area contributed by atoms with Crippen LogP contribution in [0.4, 0.5) is 5.69 Å². The molecular formula is C15H15NO. The van der Waals surface area contributed by atoms with Crippen LogP contribution in [0.15, 0.2) is 36.4 Å². The number of hydrogen-bond donors (Lipinski definition) is 1. The molecule has 3 rings (SSSR count). The van der Waals surface area contributed by atoms with Gasteiger partial charge in [0, 0.05) is 24.8 Å². The number of rotatable bonds is 0. The van der Waals surface area contributed by atoms with Gasteiger partial charge in [-0.1, -0.05) is 29.8 Å². The molecule has 2 heteroatoms. The molecule has 0 saturated heterocycles. The highest BCUT2D eigenvalue weighted by atomic mass is 16.3. The predicted molar refractivity (Wildman–Crippen MR) is 70.4 cm³/mol.